The largest absolute Gasteiger partial charge is 0.423 e. The molecular formula is C21H30N4O3. The number of amides is 1. The van der Waals surface area contributed by atoms with Crippen LogP contribution in [0.5, 0.6) is 0 Å². The zero-order valence-corrected chi connectivity index (χ0v) is 16.8. The fourth-order valence-corrected chi connectivity index (χ4v) is 4.28. The van der Waals surface area contributed by atoms with E-state index in [9.17, 15) is 4.79 Å². The highest BCUT2D eigenvalue weighted by atomic mass is 16.5. The summed E-state index contributed by atoms with van der Waals surface area (Å²) >= 11 is 0. The van der Waals surface area contributed by atoms with Gasteiger partial charge in [-0.1, -0.05) is 12.1 Å². The highest BCUT2D eigenvalue weighted by molar-refractivity contribution is 5.79. The van der Waals surface area contributed by atoms with Crippen LogP contribution >= 0.6 is 0 Å². The molecule has 7 heteroatoms. The van der Waals surface area contributed by atoms with Crippen LogP contribution in [-0.4, -0.2) is 67.3 Å². The van der Waals surface area contributed by atoms with E-state index in [4.69, 9.17) is 9.15 Å². The maximum atomic E-state index is 12.5. The monoisotopic (exact) mass is 386 g/mol. The smallest absolute Gasteiger partial charge is 0.298 e. The van der Waals surface area contributed by atoms with E-state index in [-0.39, 0.29) is 24.0 Å². The number of para-hydroxylation sites is 2. The average Bonchev–Trinajstić information content (AvgIpc) is 3.11. The lowest BCUT2D eigenvalue weighted by atomic mass is 9.96. The Labute approximate surface area is 166 Å². The van der Waals surface area contributed by atoms with Gasteiger partial charge in [-0.3, -0.25) is 9.69 Å². The summed E-state index contributed by atoms with van der Waals surface area (Å²) in [4.78, 5) is 21.6. The van der Waals surface area contributed by atoms with Crippen LogP contribution in [0.3, 0.4) is 0 Å². The first-order valence-electron chi connectivity index (χ1n) is 10.3. The second kappa shape index (κ2) is 8.49. The maximum absolute atomic E-state index is 12.5. The Bertz CT molecular complexity index is 757. The van der Waals surface area contributed by atoms with Gasteiger partial charge < -0.3 is 19.4 Å². The van der Waals surface area contributed by atoms with E-state index in [1.54, 1.807) is 0 Å². The van der Waals surface area contributed by atoms with Crippen LogP contribution in [0.1, 0.15) is 26.7 Å². The molecule has 1 aromatic heterocycles. The van der Waals surface area contributed by atoms with Crippen LogP contribution in [0.4, 0.5) is 6.01 Å². The molecular weight excluding hydrogens is 356 g/mol. The lowest BCUT2D eigenvalue weighted by Gasteiger charge is -2.35. The van der Waals surface area contributed by atoms with Crippen molar-refractivity contribution in [2.75, 3.05) is 44.2 Å². The number of anilines is 1. The number of nitrogens with zero attached hydrogens (tertiary/aromatic N) is 3. The van der Waals surface area contributed by atoms with Gasteiger partial charge in [-0.15, -0.1) is 0 Å². The van der Waals surface area contributed by atoms with E-state index >= 15 is 0 Å². The molecule has 4 rings (SSSR count). The highest BCUT2D eigenvalue weighted by Gasteiger charge is 2.27. The number of morpholine rings is 1. The molecule has 1 aromatic carbocycles. The van der Waals surface area contributed by atoms with Crippen molar-refractivity contribution in [1.29, 1.82) is 0 Å². The fraction of sp³-hybridized carbons (Fsp3) is 0.619. The predicted octanol–water partition coefficient (Wildman–Crippen LogP) is 2.27. The van der Waals surface area contributed by atoms with Gasteiger partial charge in [0.05, 0.1) is 12.2 Å². The van der Waals surface area contributed by atoms with Gasteiger partial charge in [-0.05, 0) is 38.8 Å². The van der Waals surface area contributed by atoms with Crippen LogP contribution in [0.2, 0.25) is 0 Å². The number of benzene rings is 1. The minimum absolute atomic E-state index is 0.0724. The van der Waals surface area contributed by atoms with Gasteiger partial charge in [0.1, 0.15) is 5.52 Å². The molecule has 0 aliphatic carbocycles. The van der Waals surface area contributed by atoms with Crippen molar-refractivity contribution in [3.63, 3.8) is 0 Å². The van der Waals surface area contributed by atoms with Crippen LogP contribution < -0.4 is 10.2 Å². The number of hydrogen-bond acceptors (Lipinski definition) is 6. The summed E-state index contributed by atoms with van der Waals surface area (Å²) in [7, 11) is 0. The molecule has 28 heavy (non-hydrogen) atoms. The number of piperidine rings is 1. The predicted molar refractivity (Wildman–Crippen MR) is 108 cm³/mol. The highest BCUT2D eigenvalue weighted by Crippen LogP contribution is 2.26. The van der Waals surface area contributed by atoms with Crippen molar-refractivity contribution in [3.05, 3.63) is 24.3 Å². The zero-order valence-electron chi connectivity index (χ0n) is 16.8. The van der Waals surface area contributed by atoms with E-state index in [1.165, 1.54) is 0 Å². The van der Waals surface area contributed by atoms with Gasteiger partial charge in [0, 0.05) is 45.2 Å². The maximum Gasteiger partial charge on any atom is 0.298 e. The Morgan fingerprint density at radius 3 is 2.61 bits per heavy atom. The molecule has 152 valence electrons. The number of rotatable bonds is 5. The van der Waals surface area contributed by atoms with Crippen molar-refractivity contribution in [1.82, 2.24) is 15.2 Å². The molecule has 2 aromatic rings. The molecule has 2 atom stereocenters. The molecule has 2 aliphatic heterocycles. The first kappa shape index (κ1) is 19.2. The van der Waals surface area contributed by atoms with Crippen LogP contribution in [0.15, 0.2) is 28.7 Å². The lowest BCUT2D eigenvalue weighted by Crippen LogP contribution is -2.48. The second-order valence-electron chi connectivity index (χ2n) is 8.03. The van der Waals surface area contributed by atoms with Crippen LogP contribution in [0, 0.1) is 5.92 Å². The second-order valence-corrected chi connectivity index (χ2v) is 8.03. The summed E-state index contributed by atoms with van der Waals surface area (Å²) in [6.07, 6.45) is 2.18. The Balaban J connectivity index is 1.21. The number of fused-ring (bicyclic) bond motifs is 1. The van der Waals surface area contributed by atoms with Gasteiger partial charge in [0.15, 0.2) is 5.58 Å². The SMILES string of the molecule is CC1CN(CCNC(=O)C2CCN(c3nc4ccccc4o3)CC2)CC(C)O1. The van der Waals surface area contributed by atoms with Crippen molar-refractivity contribution >= 4 is 23.0 Å². The van der Waals surface area contributed by atoms with E-state index in [0.29, 0.717) is 12.6 Å². The molecule has 2 aliphatic rings. The molecule has 1 N–H and O–H groups in total. The summed E-state index contributed by atoms with van der Waals surface area (Å²) in [5.41, 5.74) is 1.69. The Morgan fingerprint density at radius 2 is 1.89 bits per heavy atom. The summed E-state index contributed by atoms with van der Waals surface area (Å²) in [6.45, 7) is 9.24. The normalized spacial score (nSPS) is 24.6. The molecule has 2 unspecified atom stereocenters. The van der Waals surface area contributed by atoms with Gasteiger partial charge in [-0.25, -0.2) is 0 Å². The number of oxazole rings is 1. The first-order chi connectivity index (χ1) is 13.6. The minimum Gasteiger partial charge on any atom is -0.423 e. The van der Waals surface area contributed by atoms with Gasteiger partial charge in [0.2, 0.25) is 5.91 Å². The third-order valence-corrected chi connectivity index (χ3v) is 5.64. The summed E-state index contributed by atoms with van der Waals surface area (Å²) in [6, 6.07) is 8.46. The summed E-state index contributed by atoms with van der Waals surface area (Å²) in [5.74, 6) is 0.245. The van der Waals surface area contributed by atoms with Gasteiger partial charge >= 0.3 is 0 Å². The minimum atomic E-state index is 0.0724. The van der Waals surface area contributed by atoms with Crippen molar-refractivity contribution in [2.45, 2.75) is 38.9 Å². The topological polar surface area (TPSA) is 70.8 Å². The molecule has 7 nitrogen and oxygen atoms in total. The standard InChI is InChI=1S/C21H30N4O3/c1-15-13-24(14-16(2)27-15)12-9-22-20(26)17-7-10-25(11-8-17)21-23-18-5-3-4-6-19(18)28-21/h3-6,15-17H,7-14H2,1-2H3,(H,22,26). The third kappa shape index (κ3) is 4.47. The Kier molecular flexibility index (Phi) is 5.82. The molecule has 0 saturated carbocycles. The van der Waals surface area contributed by atoms with Crippen LogP contribution in [-0.2, 0) is 9.53 Å². The van der Waals surface area contributed by atoms with Crippen molar-refractivity contribution < 1.29 is 13.9 Å². The number of aromatic nitrogens is 1. The number of carbonyl (C=O) groups excluding carboxylic acids is 1. The van der Waals surface area contributed by atoms with E-state index in [1.807, 2.05) is 24.3 Å². The summed E-state index contributed by atoms with van der Waals surface area (Å²) in [5, 5.41) is 3.13. The number of carbonyl (C=O) groups is 1. The fourth-order valence-electron chi connectivity index (χ4n) is 4.28. The quantitative estimate of drug-likeness (QED) is 0.850. The Morgan fingerprint density at radius 1 is 1.18 bits per heavy atom. The van der Waals surface area contributed by atoms with Crippen molar-refractivity contribution in [2.24, 2.45) is 5.92 Å². The number of nitrogens with one attached hydrogen (secondary N) is 1. The van der Waals surface area contributed by atoms with Gasteiger partial charge in [-0.2, -0.15) is 4.98 Å². The number of hydrogen-bond donors (Lipinski definition) is 1. The third-order valence-electron chi connectivity index (χ3n) is 5.64. The average molecular weight is 386 g/mol. The molecule has 2 saturated heterocycles. The lowest BCUT2D eigenvalue weighted by molar-refractivity contribution is -0.125. The van der Waals surface area contributed by atoms with Gasteiger partial charge in [0.25, 0.3) is 6.01 Å². The van der Waals surface area contributed by atoms with E-state index in [0.717, 1.165) is 56.7 Å². The molecule has 0 bridgehead atoms. The number of ether oxygens (including phenoxy) is 1. The van der Waals surface area contributed by atoms with Crippen LogP contribution in [0.25, 0.3) is 11.1 Å². The molecule has 3 heterocycles. The Hall–Kier alpha value is -2.12. The molecule has 1 amide bonds. The summed E-state index contributed by atoms with van der Waals surface area (Å²) < 4.78 is 11.6. The van der Waals surface area contributed by atoms with E-state index < -0.39 is 0 Å². The first-order valence-corrected chi connectivity index (χ1v) is 10.3. The zero-order chi connectivity index (χ0) is 19.5. The molecule has 2 fully saturated rings. The van der Waals surface area contributed by atoms with E-state index in [2.05, 4.69) is 33.9 Å². The molecule has 0 spiro atoms. The molecule has 0 radical (unpaired) electrons. The van der Waals surface area contributed by atoms with Crippen molar-refractivity contribution in [3.8, 4) is 0 Å².